The lowest BCUT2D eigenvalue weighted by atomic mass is 10.1. The molecule has 0 aliphatic rings. The number of methoxy groups -OCH3 is 1. The Bertz CT molecular complexity index is 549. The van der Waals surface area contributed by atoms with Crippen LogP contribution in [0.4, 0.5) is 0 Å². The van der Waals surface area contributed by atoms with Gasteiger partial charge in [-0.15, -0.1) is 0 Å². The van der Waals surface area contributed by atoms with Gasteiger partial charge in [-0.05, 0) is 31.2 Å². The first kappa shape index (κ1) is 11.3. The van der Waals surface area contributed by atoms with Crippen molar-refractivity contribution in [3.63, 3.8) is 0 Å². The Balaban J connectivity index is 2.52. The topological polar surface area (TPSA) is 46.0 Å². The second-order valence-corrected chi connectivity index (χ2v) is 3.73. The Hall–Kier alpha value is -2.16. The number of aromatic nitrogens is 1. The van der Waals surface area contributed by atoms with Crippen LogP contribution in [0.5, 0.6) is 5.75 Å². The highest BCUT2D eigenvalue weighted by Crippen LogP contribution is 2.27. The number of hydrogen-bond acceptors (Lipinski definition) is 3. The van der Waals surface area contributed by atoms with E-state index < -0.39 is 0 Å². The van der Waals surface area contributed by atoms with Crippen LogP contribution in [0.2, 0.25) is 0 Å². The first-order chi connectivity index (χ1) is 8.22. The van der Waals surface area contributed by atoms with Crippen LogP contribution < -0.4 is 4.74 Å². The van der Waals surface area contributed by atoms with Gasteiger partial charge in [0.25, 0.3) is 0 Å². The molecule has 0 radical (unpaired) electrons. The van der Waals surface area contributed by atoms with Crippen molar-refractivity contribution in [2.75, 3.05) is 7.11 Å². The Labute approximate surface area is 101 Å². The molecule has 2 aromatic rings. The van der Waals surface area contributed by atoms with Gasteiger partial charge in [0.1, 0.15) is 5.75 Å². The number of ether oxygens (including phenoxy) is 1. The third kappa shape index (κ3) is 2.33. The molecule has 0 aliphatic heterocycles. The van der Waals surface area contributed by atoms with Crippen molar-refractivity contribution in [1.82, 2.24) is 4.98 Å². The van der Waals surface area contributed by atoms with Gasteiger partial charge in [0.2, 0.25) is 0 Å². The van der Waals surface area contributed by atoms with Crippen molar-refractivity contribution >= 4 is 5.71 Å². The fourth-order valence-corrected chi connectivity index (χ4v) is 1.65. The third-order valence-corrected chi connectivity index (χ3v) is 2.52. The summed E-state index contributed by atoms with van der Waals surface area (Å²) in [6, 6.07) is 13.4. The highest BCUT2D eigenvalue weighted by Gasteiger charge is 2.07. The number of para-hydroxylation sites is 1. The molecule has 0 atom stereocenters. The van der Waals surface area contributed by atoms with Crippen LogP contribution in [0.15, 0.2) is 42.5 Å². The molecule has 17 heavy (non-hydrogen) atoms. The lowest BCUT2D eigenvalue weighted by Crippen LogP contribution is -1.98. The van der Waals surface area contributed by atoms with Crippen LogP contribution in [0.1, 0.15) is 12.6 Å². The summed E-state index contributed by atoms with van der Waals surface area (Å²) in [6.45, 7) is 1.73. The van der Waals surface area contributed by atoms with Crippen molar-refractivity contribution in [2.24, 2.45) is 0 Å². The molecule has 1 N–H and O–H groups in total. The number of pyridine rings is 1. The van der Waals surface area contributed by atoms with Crippen molar-refractivity contribution < 1.29 is 4.74 Å². The van der Waals surface area contributed by atoms with E-state index in [1.807, 2.05) is 42.5 Å². The van der Waals surface area contributed by atoms with E-state index in [1.165, 1.54) is 0 Å². The summed E-state index contributed by atoms with van der Waals surface area (Å²) in [5, 5.41) is 7.60. The molecule has 0 unspecified atom stereocenters. The zero-order valence-electron chi connectivity index (χ0n) is 9.90. The predicted molar refractivity (Wildman–Crippen MR) is 68.7 cm³/mol. The molecular weight excluding hydrogens is 212 g/mol. The Morgan fingerprint density at radius 1 is 1.12 bits per heavy atom. The summed E-state index contributed by atoms with van der Waals surface area (Å²) in [5.41, 5.74) is 2.92. The number of nitrogens with one attached hydrogen (secondary N) is 1. The van der Waals surface area contributed by atoms with Gasteiger partial charge in [-0.25, -0.2) is 4.98 Å². The van der Waals surface area contributed by atoms with Gasteiger partial charge in [0, 0.05) is 5.56 Å². The second kappa shape index (κ2) is 4.78. The molecule has 0 bridgehead atoms. The lowest BCUT2D eigenvalue weighted by Gasteiger charge is -2.08. The molecule has 86 valence electrons. The fraction of sp³-hybridized carbons (Fsp3) is 0.143. The fourth-order valence-electron chi connectivity index (χ4n) is 1.65. The van der Waals surface area contributed by atoms with Crippen molar-refractivity contribution in [3.05, 3.63) is 48.2 Å². The SMILES string of the molecule is COc1ccccc1-c1cccc(C(C)=N)n1. The maximum atomic E-state index is 7.60. The van der Waals surface area contributed by atoms with Gasteiger partial charge in [0.15, 0.2) is 0 Å². The Morgan fingerprint density at radius 3 is 2.59 bits per heavy atom. The molecule has 3 heteroatoms. The normalized spacial score (nSPS) is 10.0. The van der Waals surface area contributed by atoms with Crippen LogP contribution in [-0.4, -0.2) is 17.8 Å². The molecule has 1 aromatic heterocycles. The van der Waals surface area contributed by atoms with Crippen LogP contribution in [-0.2, 0) is 0 Å². The maximum absolute atomic E-state index is 7.60. The van der Waals surface area contributed by atoms with E-state index in [0.29, 0.717) is 11.4 Å². The quantitative estimate of drug-likeness (QED) is 0.817. The van der Waals surface area contributed by atoms with Crippen LogP contribution in [0.3, 0.4) is 0 Å². The number of nitrogens with zero attached hydrogens (tertiary/aromatic N) is 1. The van der Waals surface area contributed by atoms with Crippen molar-refractivity contribution in [2.45, 2.75) is 6.92 Å². The predicted octanol–water partition coefficient (Wildman–Crippen LogP) is 3.14. The molecule has 0 saturated carbocycles. The summed E-state index contributed by atoms with van der Waals surface area (Å²) in [6.07, 6.45) is 0. The van der Waals surface area contributed by atoms with Gasteiger partial charge in [-0.2, -0.15) is 0 Å². The van der Waals surface area contributed by atoms with E-state index in [4.69, 9.17) is 10.1 Å². The molecular formula is C14H14N2O. The molecule has 1 aromatic carbocycles. The van der Waals surface area contributed by atoms with Crippen LogP contribution in [0.25, 0.3) is 11.3 Å². The van der Waals surface area contributed by atoms with E-state index in [-0.39, 0.29) is 0 Å². The summed E-state index contributed by atoms with van der Waals surface area (Å²) in [4.78, 5) is 4.45. The summed E-state index contributed by atoms with van der Waals surface area (Å²) >= 11 is 0. The zero-order chi connectivity index (χ0) is 12.3. The van der Waals surface area contributed by atoms with Crippen molar-refractivity contribution in [1.29, 1.82) is 5.41 Å². The molecule has 1 heterocycles. The maximum Gasteiger partial charge on any atom is 0.128 e. The highest BCUT2D eigenvalue weighted by molar-refractivity contribution is 5.94. The van der Waals surface area contributed by atoms with E-state index in [2.05, 4.69) is 4.98 Å². The molecule has 3 nitrogen and oxygen atoms in total. The average Bonchev–Trinajstić information content (AvgIpc) is 2.39. The van der Waals surface area contributed by atoms with Crippen molar-refractivity contribution in [3.8, 4) is 17.0 Å². The van der Waals surface area contributed by atoms with Gasteiger partial charge >= 0.3 is 0 Å². The highest BCUT2D eigenvalue weighted by atomic mass is 16.5. The third-order valence-electron chi connectivity index (χ3n) is 2.52. The summed E-state index contributed by atoms with van der Waals surface area (Å²) in [5.74, 6) is 0.791. The minimum Gasteiger partial charge on any atom is -0.496 e. The molecule has 0 aliphatic carbocycles. The Morgan fingerprint density at radius 2 is 1.88 bits per heavy atom. The van der Waals surface area contributed by atoms with E-state index >= 15 is 0 Å². The van der Waals surface area contributed by atoms with Crippen LogP contribution >= 0.6 is 0 Å². The number of benzene rings is 1. The molecule has 0 spiro atoms. The molecule has 0 saturated heterocycles. The lowest BCUT2D eigenvalue weighted by molar-refractivity contribution is 0.416. The minimum atomic E-state index is 0.460. The van der Waals surface area contributed by atoms with Gasteiger partial charge in [0.05, 0.1) is 24.2 Å². The van der Waals surface area contributed by atoms with Crippen LogP contribution in [0, 0.1) is 5.41 Å². The molecule has 0 fully saturated rings. The second-order valence-electron chi connectivity index (χ2n) is 3.73. The van der Waals surface area contributed by atoms with Gasteiger partial charge in [-0.1, -0.05) is 18.2 Å². The Kier molecular flexibility index (Phi) is 3.19. The first-order valence-corrected chi connectivity index (χ1v) is 5.38. The van der Waals surface area contributed by atoms with E-state index in [9.17, 15) is 0 Å². The van der Waals surface area contributed by atoms with E-state index in [0.717, 1.165) is 17.0 Å². The first-order valence-electron chi connectivity index (χ1n) is 5.38. The van der Waals surface area contributed by atoms with Gasteiger partial charge in [-0.3, -0.25) is 0 Å². The summed E-state index contributed by atoms with van der Waals surface area (Å²) < 4.78 is 5.31. The monoisotopic (exact) mass is 226 g/mol. The minimum absolute atomic E-state index is 0.460. The number of rotatable bonds is 3. The standard InChI is InChI=1S/C14H14N2O/c1-10(15)12-7-5-8-13(16-12)11-6-3-4-9-14(11)17-2/h3-9,15H,1-2H3. The molecule has 2 rings (SSSR count). The zero-order valence-corrected chi connectivity index (χ0v) is 9.90. The van der Waals surface area contributed by atoms with E-state index in [1.54, 1.807) is 14.0 Å². The summed E-state index contributed by atoms with van der Waals surface area (Å²) in [7, 11) is 1.64. The smallest absolute Gasteiger partial charge is 0.128 e. The number of hydrogen-bond donors (Lipinski definition) is 1. The molecule has 0 amide bonds. The average molecular weight is 226 g/mol. The largest absolute Gasteiger partial charge is 0.496 e. The van der Waals surface area contributed by atoms with Gasteiger partial charge < -0.3 is 10.1 Å².